The maximum Gasteiger partial charge on any atom is 0.147 e. The van der Waals surface area contributed by atoms with Gasteiger partial charge in [-0.2, -0.15) is 0 Å². The molecule has 1 aromatic rings. The van der Waals surface area contributed by atoms with E-state index in [2.05, 4.69) is 17.5 Å². The van der Waals surface area contributed by atoms with Crippen LogP contribution in [-0.2, 0) is 11.2 Å². The zero-order chi connectivity index (χ0) is 10.6. The van der Waals surface area contributed by atoms with Crippen LogP contribution in [0.2, 0.25) is 0 Å². The van der Waals surface area contributed by atoms with Crippen LogP contribution >= 0.6 is 12.8 Å². The van der Waals surface area contributed by atoms with Gasteiger partial charge in [0.15, 0.2) is 0 Å². The first-order valence-corrected chi connectivity index (χ1v) is 4.76. The van der Waals surface area contributed by atoms with Crippen LogP contribution in [0, 0.1) is 0 Å². The molecule has 2 N–H and O–H groups in total. The zero-order valence-electron chi connectivity index (χ0n) is 7.90. The van der Waals surface area contributed by atoms with Crippen molar-refractivity contribution >= 4 is 18.6 Å². The SMILES string of the molecule is CC(=O)[C@@H](Cc1ccc(O)cc1)NS. The summed E-state index contributed by atoms with van der Waals surface area (Å²) in [6, 6.07) is 6.51. The number of carbonyl (C=O) groups is 1. The van der Waals surface area contributed by atoms with Crippen molar-refractivity contribution in [1.82, 2.24) is 4.72 Å². The molecular weight excluding hydrogens is 198 g/mol. The van der Waals surface area contributed by atoms with E-state index in [0.29, 0.717) is 6.42 Å². The van der Waals surface area contributed by atoms with Crippen molar-refractivity contribution in [1.29, 1.82) is 0 Å². The summed E-state index contributed by atoms with van der Waals surface area (Å²) in [6.07, 6.45) is 0.582. The minimum Gasteiger partial charge on any atom is -0.508 e. The minimum atomic E-state index is -0.275. The number of hydrogen-bond acceptors (Lipinski definition) is 4. The fraction of sp³-hybridized carbons (Fsp3) is 0.300. The topological polar surface area (TPSA) is 49.3 Å². The molecule has 0 aliphatic heterocycles. The minimum absolute atomic E-state index is 0.0491. The van der Waals surface area contributed by atoms with Crippen molar-refractivity contribution in [3.63, 3.8) is 0 Å². The van der Waals surface area contributed by atoms with Crippen molar-refractivity contribution in [2.45, 2.75) is 19.4 Å². The van der Waals surface area contributed by atoms with Gasteiger partial charge in [-0.15, -0.1) is 0 Å². The van der Waals surface area contributed by atoms with Crippen LogP contribution in [0.1, 0.15) is 12.5 Å². The van der Waals surface area contributed by atoms with Crippen LogP contribution in [0.25, 0.3) is 0 Å². The van der Waals surface area contributed by atoms with Gasteiger partial charge in [0, 0.05) is 0 Å². The highest BCUT2D eigenvalue weighted by molar-refractivity contribution is 7.78. The molecule has 0 aliphatic carbocycles. The standard InChI is InChI=1S/C10H13NO2S/c1-7(12)10(11-14)6-8-2-4-9(13)5-3-8/h2-5,10-11,13-14H,6H2,1H3/t10-/m1/s1. The maximum absolute atomic E-state index is 11.1. The summed E-state index contributed by atoms with van der Waals surface area (Å²) in [5, 5.41) is 9.06. The van der Waals surface area contributed by atoms with E-state index < -0.39 is 0 Å². The van der Waals surface area contributed by atoms with E-state index in [4.69, 9.17) is 5.11 Å². The lowest BCUT2D eigenvalue weighted by Gasteiger charge is -2.11. The Labute approximate surface area is 88.7 Å². The molecule has 0 aliphatic rings. The van der Waals surface area contributed by atoms with Gasteiger partial charge in [0.05, 0.1) is 6.04 Å². The largest absolute Gasteiger partial charge is 0.508 e. The van der Waals surface area contributed by atoms with E-state index in [0.717, 1.165) is 5.56 Å². The van der Waals surface area contributed by atoms with Gasteiger partial charge in [0.1, 0.15) is 11.5 Å². The van der Waals surface area contributed by atoms with Crippen molar-refractivity contribution in [3.8, 4) is 5.75 Å². The van der Waals surface area contributed by atoms with Gasteiger partial charge >= 0.3 is 0 Å². The third kappa shape index (κ3) is 3.05. The molecule has 0 radical (unpaired) electrons. The van der Waals surface area contributed by atoms with Crippen LogP contribution in [0.4, 0.5) is 0 Å². The molecule has 0 bridgehead atoms. The molecular formula is C10H13NO2S. The molecule has 1 atom stereocenters. The molecule has 4 heteroatoms. The Morgan fingerprint density at radius 2 is 2.07 bits per heavy atom. The molecule has 3 nitrogen and oxygen atoms in total. The third-order valence-corrected chi connectivity index (χ3v) is 2.33. The molecule has 14 heavy (non-hydrogen) atoms. The Balaban J connectivity index is 2.67. The summed E-state index contributed by atoms with van der Waals surface area (Å²) in [6.45, 7) is 1.52. The molecule has 0 unspecified atom stereocenters. The Morgan fingerprint density at radius 3 is 2.50 bits per heavy atom. The van der Waals surface area contributed by atoms with Crippen LogP contribution in [0.15, 0.2) is 24.3 Å². The van der Waals surface area contributed by atoms with Crippen LogP contribution in [0.3, 0.4) is 0 Å². The highest BCUT2D eigenvalue weighted by atomic mass is 32.1. The lowest BCUT2D eigenvalue weighted by Crippen LogP contribution is -2.31. The first kappa shape index (κ1) is 11.1. The quantitative estimate of drug-likeness (QED) is 0.658. The maximum atomic E-state index is 11.1. The second-order valence-electron chi connectivity index (χ2n) is 3.16. The van der Waals surface area contributed by atoms with E-state index in [1.807, 2.05) is 0 Å². The molecule has 0 saturated carbocycles. The number of thiol groups is 1. The number of nitrogens with one attached hydrogen (secondary N) is 1. The normalized spacial score (nSPS) is 12.4. The molecule has 0 saturated heterocycles. The molecule has 0 spiro atoms. The van der Waals surface area contributed by atoms with Crippen LogP contribution in [-0.4, -0.2) is 16.9 Å². The lowest BCUT2D eigenvalue weighted by atomic mass is 10.0. The first-order chi connectivity index (χ1) is 6.63. The number of hydrogen-bond donors (Lipinski definition) is 3. The molecule has 0 fully saturated rings. The number of benzene rings is 1. The Hall–Kier alpha value is -1.00. The summed E-state index contributed by atoms with van der Waals surface area (Å²) in [7, 11) is 0. The van der Waals surface area contributed by atoms with E-state index in [1.54, 1.807) is 24.3 Å². The average molecular weight is 211 g/mol. The molecule has 1 aromatic carbocycles. The van der Waals surface area contributed by atoms with Crippen molar-refractivity contribution < 1.29 is 9.90 Å². The van der Waals surface area contributed by atoms with E-state index in [1.165, 1.54) is 6.92 Å². The lowest BCUT2D eigenvalue weighted by molar-refractivity contribution is -0.118. The van der Waals surface area contributed by atoms with E-state index >= 15 is 0 Å². The first-order valence-electron chi connectivity index (χ1n) is 4.31. The Kier molecular flexibility index (Phi) is 3.98. The predicted molar refractivity (Wildman–Crippen MR) is 58.4 cm³/mol. The second kappa shape index (κ2) is 5.02. The van der Waals surface area contributed by atoms with Crippen molar-refractivity contribution in [2.75, 3.05) is 0 Å². The van der Waals surface area contributed by atoms with Gasteiger partial charge in [0.25, 0.3) is 0 Å². The molecule has 0 amide bonds. The summed E-state index contributed by atoms with van der Waals surface area (Å²) < 4.78 is 2.65. The van der Waals surface area contributed by atoms with Gasteiger partial charge in [-0.05, 0) is 31.0 Å². The average Bonchev–Trinajstić information content (AvgIpc) is 2.16. The number of phenols is 1. The number of ketones is 1. The van der Waals surface area contributed by atoms with Gasteiger partial charge in [-0.25, -0.2) is 0 Å². The summed E-state index contributed by atoms with van der Waals surface area (Å²) >= 11 is 3.89. The van der Waals surface area contributed by atoms with Gasteiger partial charge in [-0.3, -0.25) is 9.52 Å². The zero-order valence-corrected chi connectivity index (χ0v) is 8.79. The highest BCUT2D eigenvalue weighted by Gasteiger charge is 2.12. The predicted octanol–water partition coefficient (Wildman–Crippen LogP) is 1.33. The summed E-state index contributed by atoms with van der Waals surface area (Å²) in [4.78, 5) is 11.1. The monoisotopic (exact) mass is 211 g/mol. The van der Waals surface area contributed by atoms with Crippen LogP contribution in [0.5, 0.6) is 5.75 Å². The summed E-state index contributed by atoms with van der Waals surface area (Å²) in [5.74, 6) is 0.278. The van der Waals surface area contributed by atoms with Crippen molar-refractivity contribution in [2.24, 2.45) is 0 Å². The summed E-state index contributed by atoms with van der Waals surface area (Å²) in [5.41, 5.74) is 0.990. The van der Waals surface area contributed by atoms with Crippen LogP contribution < -0.4 is 4.72 Å². The fourth-order valence-corrected chi connectivity index (χ4v) is 1.42. The molecule has 0 aromatic heterocycles. The molecule has 0 heterocycles. The number of Topliss-reactive ketones (excluding diaryl/α,β-unsaturated/α-hetero) is 1. The number of rotatable bonds is 4. The smallest absolute Gasteiger partial charge is 0.147 e. The van der Waals surface area contributed by atoms with Gasteiger partial charge in [-0.1, -0.05) is 24.9 Å². The molecule has 1 rings (SSSR count). The Morgan fingerprint density at radius 1 is 1.50 bits per heavy atom. The number of carbonyl (C=O) groups excluding carboxylic acids is 1. The highest BCUT2D eigenvalue weighted by Crippen LogP contribution is 2.11. The van der Waals surface area contributed by atoms with Gasteiger partial charge in [0.2, 0.25) is 0 Å². The number of aromatic hydroxyl groups is 1. The van der Waals surface area contributed by atoms with E-state index in [-0.39, 0.29) is 17.6 Å². The van der Waals surface area contributed by atoms with Crippen molar-refractivity contribution in [3.05, 3.63) is 29.8 Å². The Bertz CT molecular complexity index is 310. The second-order valence-corrected chi connectivity index (χ2v) is 3.42. The number of phenolic OH excluding ortho intramolecular Hbond substituents is 1. The fourth-order valence-electron chi connectivity index (χ4n) is 1.15. The molecule has 76 valence electrons. The van der Waals surface area contributed by atoms with E-state index in [9.17, 15) is 4.79 Å². The third-order valence-electron chi connectivity index (χ3n) is 2.02. The van der Waals surface area contributed by atoms with Gasteiger partial charge < -0.3 is 5.11 Å².